The van der Waals surface area contributed by atoms with Crippen LogP contribution in [0.5, 0.6) is 11.5 Å². The quantitative estimate of drug-likeness (QED) is 0.857. The van der Waals surface area contributed by atoms with Crippen molar-refractivity contribution in [3.63, 3.8) is 0 Å². The van der Waals surface area contributed by atoms with Crippen molar-refractivity contribution in [1.82, 2.24) is 9.97 Å². The van der Waals surface area contributed by atoms with Gasteiger partial charge >= 0.3 is 0 Å². The normalized spacial score (nSPS) is 12.5. The summed E-state index contributed by atoms with van der Waals surface area (Å²) in [5.41, 5.74) is 1.06. The molecule has 0 unspecified atom stereocenters. The minimum Gasteiger partial charge on any atom is -0.454 e. The minimum absolute atomic E-state index is 0.272. The molecule has 21 heavy (non-hydrogen) atoms. The fraction of sp³-hybridized carbons (Fsp3) is 0.286. The fourth-order valence-electron chi connectivity index (χ4n) is 1.99. The molecule has 2 aromatic rings. The van der Waals surface area contributed by atoms with Gasteiger partial charge in [0.15, 0.2) is 17.3 Å². The van der Waals surface area contributed by atoms with Gasteiger partial charge in [0, 0.05) is 19.7 Å². The number of fused-ring (bicyclic) bond motifs is 1. The molecule has 0 radical (unpaired) electrons. The van der Waals surface area contributed by atoms with E-state index in [0.29, 0.717) is 29.9 Å². The van der Waals surface area contributed by atoms with Crippen LogP contribution in [0.2, 0.25) is 5.15 Å². The van der Waals surface area contributed by atoms with Gasteiger partial charge in [-0.15, -0.1) is 0 Å². The van der Waals surface area contributed by atoms with Crippen molar-refractivity contribution in [2.45, 2.75) is 13.2 Å². The zero-order valence-corrected chi connectivity index (χ0v) is 12.2. The third-order valence-electron chi connectivity index (χ3n) is 2.93. The van der Waals surface area contributed by atoms with Crippen molar-refractivity contribution in [3.8, 4) is 11.5 Å². The standard InChI is InChI=1S/C14H14ClN3O3/c1-19-7-14-17-12(15)5-13(18-14)16-6-9-2-3-10-11(4-9)21-8-20-10/h2-5H,6-8H2,1H3,(H,16,17,18). The van der Waals surface area contributed by atoms with Crippen LogP contribution in [0, 0.1) is 0 Å². The first-order chi connectivity index (χ1) is 10.2. The van der Waals surface area contributed by atoms with Gasteiger partial charge in [0.25, 0.3) is 0 Å². The number of nitrogens with one attached hydrogen (secondary N) is 1. The highest BCUT2D eigenvalue weighted by Gasteiger charge is 2.13. The van der Waals surface area contributed by atoms with Gasteiger partial charge in [-0.3, -0.25) is 0 Å². The lowest BCUT2D eigenvalue weighted by Gasteiger charge is -2.08. The molecular weight excluding hydrogens is 294 g/mol. The summed E-state index contributed by atoms with van der Waals surface area (Å²) in [5.74, 6) is 2.72. The maximum absolute atomic E-state index is 5.96. The van der Waals surface area contributed by atoms with Gasteiger partial charge in [0.2, 0.25) is 6.79 Å². The number of anilines is 1. The van der Waals surface area contributed by atoms with Crippen LogP contribution in [0.15, 0.2) is 24.3 Å². The SMILES string of the molecule is COCc1nc(Cl)cc(NCc2ccc3c(c2)OCO3)n1. The molecule has 0 aliphatic carbocycles. The van der Waals surface area contributed by atoms with Crippen LogP contribution >= 0.6 is 11.6 Å². The molecule has 1 N–H and O–H groups in total. The predicted molar refractivity (Wildman–Crippen MR) is 77.6 cm³/mol. The highest BCUT2D eigenvalue weighted by Crippen LogP contribution is 2.32. The summed E-state index contributed by atoms with van der Waals surface area (Å²) < 4.78 is 15.6. The molecule has 0 bridgehead atoms. The average molecular weight is 308 g/mol. The van der Waals surface area contributed by atoms with Crippen LogP contribution < -0.4 is 14.8 Å². The molecule has 1 aromatic heterocycles. The predicted octanol–water partition coefficient (Wildman–Crippen LogP) is 2.62. The molecule has 110 valence electrons. The van der Waals surface area contributed by atoms with Crippen LogP contribution in [-0.2, 0) is 17.9 Å². The molecule has 0 fully saturated rings. The molecule has 0 saturated heterocycles. The van der Waals surface area contributed by atoms with Crippen molar-refractivity contribution in [3.05, 3.63) is 40.8 Å². The van der Waals surface area contributed by atoms with Crippen molar-refractivity contribution < 1.29 is 14.2 Å². The Hall–Kier alpha value is -2.05. The Kier molecular flexibility index (Phi) is 4.08. The Labute approximate surface area is 127 Å². The number of hydrogen-bond acceptors (Lipinski definition) is 6. The van der Waals surface area contributed by atoms with E-state index in [2.05, 4.69) is 15.3 Å². The first kappa shape index (κ1) is 13.9. The third-order valence-corrected chi connectivity index (χ3v) is 3.12. The van der Waals surface area contributed by atoms with Gasteiger partial charge in [-0.2, -0.15) is 0 Å². The fourth-order valence-corrected chi connectivity index (χ4v) is 2.19. The van der Waals surface area contributed by atoms with Gasteiger partial charge in [0.1, 0.15) is 17.6 Å². The zero-order chi connectivity index (χ0) is 14.7. The van der Waals surface area contributed by atoms with Crippen molar-refractivity contribution >= 4 is 17.4 Å². The molecule has 0 amide bonds. The first-order valence-electron chi connectivity index (χ1n) is 6.39. The molecule has 1 aliphatic rings. The third kappa shape index (κ3) is 3.34. The average Bonchev–Trinajstić information content (AvgIpc) is 2.92. The Balaban J connectivity index is 1.69. The molecule has 6 nitrogen and oxygen atoms in total. The highest BCUT2D eigenvalue weighted by atomic mass is 35.5. The number of methoxy groups -OCH3 is 1. The van der Waals surface area contributed by atoms with Crippen molar-refractivity contribution in [1.29, 1.82) is 0 Å². The van der Waals surface area contributed by atoms with Crippen LogP contribution in [0.3, 0.4) is 0 Å². The number of aromatic nitrogens is 2. The van der Waals surface area contributed by atoms with Gasteiger partial charge in [-0.25, -0.2) is 9.97 Å². The first-order valence-corrected chi connectivity index (χ1v) is 6.77. The Morgan fingerprint density at radius 2 is 2.10 bits per heavy atom. The zero-order valence-electron chi connectivity index (χ0n) is 11.4. The molecule has 7 heteroatoms. The smallest absolute Gasteiger partial charge is 0.231 e. The number of halogens is 1. The molecule has 0 spiro atoms. The van der Waals surface area contributed by atoms with E-state index < -0.39 is 0 Å². The Morgan fingerprint density at radius 1 is 1.24 bits per heavy atom. The highest BCUT2D eigenvalue weighted by molar-refractivity contribution is 6.29. The van der Waals surface area contributed by atoms with E-state index in [1.54, 1.807) is 13.2 Å². The van der Waals surface area contributed by atoms with Crippen molar-refractivity contribution in [2.75, 3.05) is 19.2 Å². The van der Waals surface area contributed by atoms with Crippen LogP contribution in [0.1, 0.15) is 11.4 Å². The summed E-state index contributed by atoms with van der Waals surface area (Å²) in [6, 6.07) is 7.48. The summed E-state index contributed by atoms with van der Waals surface area (Å²) in [6.07, 6.45) is 0. The van der Waals surface area contributed by atoms with E-state index in [-0.39, 0.29) is 6.79 Å². The second-order valence-corrected chi connectivity index (χ2v) is 4.85. The van der Waals surface area contributed by atoms with E-state index in [1.165, 1.54) is 0 Å². The van der Waals surface area contributed by atoms with E-state index >= 15 is 0 Å². The molecule has 3 rings (SSSR count). The number of hydrogen-bond donors (Lipinski definition) is 1. The van der Waals surface area contributed by atoms with Crippen LogP contribution in [0.4, 0.5) is 5.82 Å². The maximum atomic E-state index is 5.96. The topological polar surface area (TPSA) is 65.5 Å². The molecule has 2 heterocycles. The van der Waals surface area contributed by atoms with Gasteiger partial charge < -0.3 is 19.5 Å². The summed E-state index contributed by atoms with van der Waals surface area (Å²) in [6.45, 7) is 1.18. The maximum Gasteiger partial charge on any atom is 0.231 e. The van der Waals surface area contributed by atoms with Crippen LogP contribution in [-0.4, -0.2) is 23.9 Å². The lowest BCUT2D eigenvalue weighted by molar-refractivity contribution is 0.174. The molecule has 0 atom stereocenters. The second kappa shape index (κ2) is 6.15. The van der Waals surface area contributed by atoms with E-state index in [4.69, 9.17) is 25.8 Å². The number of benzene rings is 1. The summed E-state index contributed by atoms with van der Waals surface area (Å²) in [7, 11) is 1.59. The molecule has 1 aromatic carbocycles. The lowest BCUT2D eigenvalue weighted by atomic mass is 10.2. The Bertz CT molecular complexity index is 651. The summed E-state index contributed by atoms with van der Waals surface area (Å²) in [4.78, 5) is 8.40. The monoisotopic (exact) mass is 307 g/mol. The van der Waals surface area contributed by atoms with Gasteiger partial charge in [-0.05, 0) is 17.7 Å². The van der Waals surface area contributed by atoms with E-state index in [1.807, 2.05) is 18.2 Å². The molecular formula is C14H14ClN3O3. The van der Waals surface area contributed by atoms with E-state index in [9.17, 15) is 0 Å². The summed E-state index contributed by atoms with van der Waals surface area (Å²) >= 11 is 5.96. The largest absolute Gasteiger partial charge is 0.454 e. The van der Waals surface area contributed by atoms with Crippen LogP contribution in [0.25, 0.3) is 0 Å². The minimum atomic E-state index is 0.272. The Morgan fingerprint density at radius 3 is 2.95 bits per heavy atom. The number of nitrogens with zero attached hydrogens (tertiary/aromatic N) is 2. The lowest BCUT2D eigenvalue weighted by Crippen LogP contribution is -2.05. The van der Waals surface area contributed by atoms with Crippen molar-refractivity contribution in [2.24, 2.45) is 0 Å². The molecule has 0 saturated carbocycles. The second-order valence-electron chi connectivity index (χ2n) is 4.47. The van der Waals surface area contributed by atoms with E-state index in [0.717, 1.165) is 17.1 Å². The molecule has 1 aliphatic heterocycles. The van der Waals surface area contributed by atoms with Gasteiger partial charge in [-0.1, -0.05) is 17.7 Å². The number of ether oxygens (including phenoxy) is 3. The summed E-state index contributed by atoms with van der Waals surface area (Å²) in [5, 5.41) is 3.58. The van der Waals surface area contributed by atoms with Gasteiger partial charge in [0.05, 0.1) is 0 Å². The number of rotatable bonds is 5.